The standard InChI is InChI=1S/C11H9Cl2N3/c1-2-8-5-10(13)16-11(15-8)9-4-3-7(12)6-14-9/h3-6H,2H2,1H3. The van der Waals surface area contributed by atoms with E-state index in [9.17, 15) is 0 Å². The van der Waals surface area contributed by atoms with Crippen molar-refractivity contribution in [1.82, 2.24) is 15.0 Å². The zero-order valence-corrected chi connectivity index (χ0v) is 10.1. The first-order valence-corrected chi connectivity index (χ1v) is 5.60. The van der Waals surface area contributed by atoms with Gasteiger partial charge in [0.1, 0.15) is 10.8 Å². The Hall–Kier alpha value is -1.19. The molecule has 0 atom stereocenters. The Morgan fingerprint density at radius 1 is 1.19 bits per heavy atom. The van der Waals surface area contributed by atoms with Crippen molar-refractivity contribution in [3.8, 4) is 11.5 Å². The SMILES string of the molecule is CCc1cc(Cl)nc(-c2ccc(Cl)cn2)n1. The van der Waals surface area contributed by atoms with Crippen LogP contribution in [0.5, 0.6) is 0 Å². The van der Waals surface area contributed by atoms with Crippen molar-refractivity contribution in [2.45, 2.75) is 13.3 Å². The van der Waals surface area contributed by atoms with Crippen molar-refractivity contribution < 1.29 is 0 Å². The van der Waals surface area contributed by atoms with Gasteiger partial charge in [0.15, 0.2) is 5.82 Å². The molecule has 16 heavy (non-hydrogen) atoms. The summed E-state index contributed by atoms with van der Waals surface area (Å²) < 4.78 is 0. The first-order valence-electron chi connectivity index (χ1n) is 4.84. The Morgan fingerprint density at radius 2 is 2.00 bits per heavy atom. The molecule has 0 amide bonds. The molecule has 0 fully saturated rings. The van der Waals surface area contributed by atoms with Crippen LogP contribution in [0.2, 0.25) is 10.2 Å². The molecule has 0 unspecified atom stereocenters. The fraction of sp³-hybridized carbons (Fsp3) is 0.182. The number of pyridine rings is 1. The molecule has 0 aliphatic heterocycles. The molecule has 3 nitrogen and oxygen atoms in total. The third-order valence-corrected chi connectivity index (χ3v) is 2.48. The fourth-order valence-corrected chi connectivity index (χ4v) is 1.59. The van der Waals surface area contributed by atoms with Crippen molar-refractivity contribution in [1.29, 1.82) is 0 Å². The van der Waals surface area contributed by atoms with Crippen molar-refractivity contribution >= 4 is 23.2 Å². The van der Waals surface area contributed by atoms with Gasteiger partial charge in [-0.3, -0.25) is 4.98 Å². The average molecular weight is 254 g/mol. The Bertz CT molecular complexity index is 497. The van der Waals surface area contributed by atoms with E-state index >= 15 is 0 Å². The number of aromatic nitrogens is 3. The molecule has 0 spiro atoms. The number of hydrogen-bond donors (Lipinski definition) is 0. The van der Waals surface area contributed by atoms with Gasteiger partial charge in [-0.05, 0) is 24.6 Å². The second-order valence-corrected chi connectivity index (χ2v) is 4.04. The Balaban J connectivity index is 2.47. The summed E-state index contributed by atoms with van der Waals surface area (Å²) in [4.78, 5) is 12.6. The summed E-state index contributed by atoms with van der Waals surface area (Å²) in [7, 11) is 0. The number of rotatable bonds is 2. The lowest BCUT2D eigenvalue weighted by molar-refractivity contribution is 0.998. The molecule has 0 saturated carbocycles. The van der Waals surface area contributed by atoms with E-state index in [4.69, 9.17) is 23.2 Å². The molecule has 0 aromatic carbocycles. The third kappa shape index (κ3) is 2.49. The summed E-state index contributed by atoms with van der Waals surface area (Å²) >= 11 is 11.7. The lowest BCUT2D eigenvalue weighted by Gasteiger charge is -2.02. The van der Waals surface area contributed by atoms with Crippen LogP contribution in [0.3, 0.4) is 0 Å². The summed E-state index contributed by atoms with van der Waals surface area (Å²) in [6, 6.07) is 5.27. The minimum absolute atomic E-state index is 0.429. The molecule has 0 saturated heterocycles. The summed E-state index contributed by atoms with van der Waals surface area (Å²) in [6.07, 6.45) is 2.37. The van der Waals surface area contributed by atoms with Gasteiger partial charge >= 0.3 is 0 Å². The Labute approximate surface area is 103 Å². The number of hydrogen-bond acceptors (Lipinski definition) is 3. The molecule has 2 heterocycles. The number of halogens is 2. The van der Waals surface area contributed by atoms with E-state index in [-0.39, 0.29) is 0 Å². The highest BCUT2D eigenvalue weighted by molar-refractivity contribution is 6.30. The van der Waals surface area contributed by atoms with Gasteiger partial charge in [-0.1, -0.05) is 30.1 Å². The van der Waals surface area contributed by atoms with Gasteiger partial charge in [0.2, 0.25) is 0 Å². The highest BCUT2D eigenvalue weighted by Gasteiger charge is 2.06. The van der Waals surface area contributed by atoms with Gasteiger partial charge in [-0.15, -0.1) is 0 Å². The zero-order valence-electron chi connectivity index (χ0n) is 8.61. The highest BCUT2D eigenvalue weighted by Crippen LogP contribution is 2.17. The smallest absolute Gasteiger partial charge is 0.179 e. The summed E-state index contributed by atoms with van der Waals surface area (Å²) in [5, 5.41) is 1.01. The first kappa shape index (κ1) is 11.3. The Morgan fingerprint density at radius 3 is 2.62 bits per heavy atom. The minimum Gasteiger partial charge on any atom is -0.251 e. The maximum atomic E-state index is 5.90. The monoisotopic (exact) mass is 253 g/mol. The van der Waals surface area contributed by atoms with Crippen molar-refractivity contribution in [3.63, 3.8) is 0 Å². The summed E-state index contributed by atoms with van der Waals surface area (Å²) in [6.45, 7) is 2.01. The van der Waals surface area contributed by atoms with Crippen molar-refractivity contribution in [3.05, 3.63) is 40.3 Å². The molecular formula is C11H9Cl2N3. The van der Waals surface area contributed by atoms with E-state index in [1.165, 1.54) is 0 Å². The van der Waals surface area contributed by atoms with Gasteiger partial charge < -0.3 is 0 Å². The van der Waals surface area contributed by atoms with Gasteiger partial charge in [-0.2, -0.15) is 0 Å². The van der Waals surface area contributed by atoms with Crippen LogP contribution in [0.1, 0.15) is 12.6 Å². The lowest BCUT2D eigenvalue weighted by atomic mass is 10.3. The van der Waals surface area contributed by atoms with Crippen LogP contribution < -0.4 is 0 Å². The Kier molecular flexibility index (Phi) is 3.36. The van der Waals surface area contributed by atoms with Crippen molar-refractivity contribution in [2.24, 2.45) is 0 Å². The second kappa shape index (κ2) is 4.76. The predicted octanol–water partition coefficient (Wildman–Crippen LogP) is 3.41. The fourth-order valence-electron chi connectivity index (χ4n) is 1.27. The van der Waals surface area contributed by atoms with Crippen LogP contribution in [0.15, 0.2) is 24.4 Å². The van der Waals surface area contributed by atoms with Gasteiger partial charge in [0, 0.05) is 11.9 Å². The van der Waals surface area contributed by atoms with E-state index < -0.39 is 0 Å². The molecule has 2 aromatic heterocycles. The zero-order chi connectivity index (χ0) is 11.5. The highest BCUT2D eigenvalue weighted by atomic mass is 35.5. The van der Waals surface area contributed by atoms with Crippen LogP contribution in [-0.4, -0.2) is 15.0 Å². The molecule has 0 radical (unpaired) electrons. The van der Waals surface area contributed by atoms with E-state index in [0.717, 1.165) is 12.1 Å². The normalized spacial score (nSPS) is 10.4. The average Bonchev–Trinajstić information content (AvgIpc) is 2.29. The maximum Gasteiger partial charge on any atom is 0.179 e. The van der Waals surface area contributed by atoms with Gasteiger partial charge in [-0.25, -0.2) is 9.97 Å². The molecule has 5 heteroatoms. The first-order chi connectivity index (χ1) is 7.69. The van der Waals surface area contributed by atoms with Gasteiger partial charge in [0.25, 0.3) is 0 Å². The molecule has 0 aliphatic carbocycles. The van der Waals surface area contributed by atoms with E-state index in [0.29, 0.717) is 21.7 Å². The molecule has 82 valence electrons. The minimum atomic E-state index is 0.429. The lowest BCUT2D eigenvalue weighted by Crippen LogP contribution is -1.96. The molecule has 2 aromatic rings. The molecule has 0 aliphatic rings. The third-order valence-electron chi connectivity index (χ3n) is 2.07. The quantitative estimate of drug-likeness (QED) is 0.771. The number of aryl methyl sites for hydroxylation is 1. The van der Waals surface area contributed by atoms with Crippen LogP contribution in [-0.2, 0) is 6.42 Å². The van der Waals surface area contributed by atoms with Crippen LogP contribution in [0, 0.1) is 0 Å². The van der Waals surface area contributed by atoms with Crippen molar-refractivity contribution in [2.75, 3.05) is 0 Å². The molecule has 2 rings (SSSR count). The number of nitrogens with zero attached hydrogens (tertiary/aromatic N) is 3. The molecular weight excluding hydrogens is 245 g/mol. The summed E-state index contributed by atoms with van der Waals surface area (Å²) in [5.41, 5.74) is 1.56. The van der Waals surface area contributed by atoms with Crippen LogP contribution in [0.25, 0.3) is 11.5 Å². The maximum absolute atomic E-state index is 5.90. The van der Waals surface area contributed by atoms with E-state index in [2.05, 4.69) is 15.0 Å². The molecule has 0 N–H and O–H groups in total. The summed E-state index contributed by atoms with van der Waals surface area (Å²) in [5.74, 6) is 0.529. The largest absolute Gasteiger partial charge is 0.251 e. The van der Waals surface area contributed by atoms with E-state index in [1.807, 2.05) is 6.92 Å². The topological polar surface area (TPSA) is 38.7 Å². The van der Waals surface area contributed by atoms with Crippen LogP contribution in [0.4, 0.5) is 0 Å². The van der Waals surface area contributed by atoms with E-state index in [1.54, 1.807) is 24.4 Å². The molecule has 0 bridgehead atoms. The second-order valence-electron chi connectivity index (χ2n) is 3.22. The van der Waals surface area contributed by atoms with Crippen LogP contribution >= 0.6 is 23.2 Å². The predicted molar refractivity (Wildman–Crippen MR) is 64.7 cm³/mol. The van der Waals surface area contributed by atoms with Gasteiger partial charge in [0.05, 0.1) is 5.02 Å².